The van der Waals surface area contributed by atoms with Crippen LogP contribution in [0.4, 0.5) is 0 Å². The Kier molecular flexibility index (Phi) is 5.58. The second-order valence-electron chi connectivity index (χ2n) is 5.07. The number of rotatable bonds is 8. The Hall–Kier alpha value is -0.120. The minimum atomic E-state index is 0.227. The summed E-state index contributed by atoms with van der Waals surface area (Å²) >= 11 is 0. The number of aliphatic hydroxyl groups is 1. The van der Waals surface area contributed by atoms with Gasteiger partial charge in [-0.15, -0.1) is 0 Å². The summed E-state index contributed by atoms with van der Waals surface area (Å²) in [4.78, 5) is 0. The van der Waals surface area contributed by atoms with Crippen LogP contribution in [-0.4, -0.2) is 37.5 Å². The predicted octanol–water partition coefficient (Wildman–Crippen LogP) is 1.41. The van der Waals surface area contributed by atoms with E-state index in [1.165, 1.54) is 12.8 Å². The molecule has 0 spiro atoms. The van der Waals surface area contributed by atoms with E-state index in [2.05, 4.69) is 19.2 Å². The highest BCUT2D eigenvalue weighted by Crippen LogP contribution is 2.33. The maximum Gasteiger partial charge on any atom is 0.0618 e. The zero-order valence-corrected chi connectivity index (χ0v) is 10.2. The second-order valence-corrected chi connectivity index (χ2v) is 5.07. The summed E-state index contributed by atoms with van der Waals surface area (Å²) in [5, 5.41) is 12.8. The molecule has 0 amide bonds. The van der Waals surface area contributed by atoms with E-state index in [-0.39, 0.29) is 12.6 Å². The lowest BCUT2D eigenvalue weighted by Crippen LogP contribution is -2.44. The topological polar surface area (TPSA) is 41.5 Å². The zero-order valence-electron chi connectivity index (χ0n) is 10.2. The summed E-state index contributed by atoms with van der Waals surface area (Å²) in [5.41, 5.74) is 0. The maximum atomic E-state index is 9.29. The quantitative estimate of drug-likeness (QED) is 0.643. The minimum Gasteiger partial charge on any atom is -0.395 e. The van der Waals surface area contributed by atoms with E-state index in [0.29, 0.717) is 12.0 Å². The third-order valence-corrected chi connectivity index (χ3v) is 2.96. The molecule has 2 N–H and O–H groups in total. The van der Waals surface area contributed by atoms with Gasteiger partial charge < -0.3 is 15.2 Å². The first-order valence-electron chi connectivity index (χ1n) is 6.03. The number of nitrogens with one attached hydrogen (secondary N) is 1. The van der Waals surface area contributed by atoms with E-state index in [9.17, 15) is 5.11 Å². The van der Waals surface area contributed by atoms with Crippen molar-refractivity contribution in [2.45, 2.75) is 45.2 Å². The molecule has 0 aromatic rings. The van der Waals surface area contributed by atoms with E-state index in [4.69, 9.17) is 4.74 Å². The smallest absolute Gasteiger partial charge is 0.0618 e. The van der Waals surface area contributed by atoms with Crippen molar-refractivity contribution in [2.24, 2.45) is 11.8 Å². The lowest BCUT2D eigenvalue weighted by molar-refractivity contribution is 0.134. The third kappa shape index (κ3) is 4.96. The van der Waals surface area contributed by atoms with Gasteiger partial charge in [0.05, 0.1) is 13.2 Å². The molecule has 1 aliphatic carbocycles. The first kappa shape index (κ1) is 12.9. The van der Waals surface area contributed by atoms with Crippen LogP contribution in [-0.2, 0) is 4.74 Å². The first-order chi connectivity index (χ1) is 7.17. The number of hydrogen-bond donors (Lipinski definition) is 2. The molecule has 0 heterocycles. The van der Waals surface area contributed by atoms with Crippen molar-refractivity contribution in [3.63, 3.8) is 0 Å². The predicted molar refractivity (Wildman–Crippen MR) is 61.9 cm³/mol. The second kappa shape index (κ2) is 6.46. The molecule has 1 aliphatic rings. The van der Waals surface area contributed by atoms with Crippen molar-refractivity contribution in [3.05, 3.63) is 0 Å². The highest BCUT2D eigenvalue weighted by Gasteiger charge is 2.32. The Bertz CT molecular complexity index is 169. The van der Waals surface area contributed by atoms with Crippen molar-refractivity contribution in [1.29, 1.82) is 0 Å². The standard InChI is InChI=1S/C12H25NO2/c1-9(2)6-11(7-14)13-12(8-15-3)10-4-5-10/h9-14H,4-8H2,1-3H3. The number of ether oxygens (including phenoxy) is 1. The summed E-state index contributed by atoms with van der Waals surface area (Å²) in [5.74, 6) is 1.39. The molecular formula is C12H25NO2. The summed E-state index contributed by atoms with van der Waals surface area (Å²) in [6.45, 7) is 5.37. The lowest BCUT2D eigenvalue weighted by atomic mass is 10.0. The Morgan fingerprint density at radius 3 is 2.47 bits per heavy atom. The van der Waals surface area contributed by atoms with Crippen LogP contribution in [0.1, 0.15) is 33.1 Å². The number of aliphatic hydroxyl groups excluding tert-OH is 1. The van der Waals surface area contributed by atoms with Gasteiger partial charge in [0.1, 0.15) is 0 Å². The van der Waals surface area contributed by atoms with Gasteiger partial charge in [-0.2, -0.15) is 0 Å². The Morgan fingerprint density at radius 2 is 2.07 bits per heavy atom. The molecule has 0 bridgehead atoms. The van der Waals surface area contributed by atoms with E-state index in [0.717, 1.165) is 18.9 Å². The highest BCUT2D eigenvalue weighted by molar-refractivity contribution is 4.88. The molecule has 2 atom stereocenters. The fourth-order valence-corrected chi connectivity index (χ4v) is 2.07. The largest absolute Gasteiger partial charge is 0.395 e. The monoisotopic (exact) mass is 215 g/mol. The van der Waals surface area contributed by atoms with E-state index in [1.807, 2.05) is 0 Å². The van der Waals surface area contributed by atoms with Crippen LogP contribution in [0.3, 0.4) is 0 Å². The van der Waals surface area contributed by atoms with Gasteiger partial charge in [-0.05, 0) is 31.1 Å². The SMILES string of the molecule is COCC(NC(CO)CC(C)C)C1CC1. The zero-order chi connectivity index (χ0) is 11.3. The summed E-state index contributed by atoms with van der Waals surface area (Å²) in [6.07, 6.45) is 3.64. The molecular weight excluding hydrogens is 190 g/mol. The molecule has 0 aliphatic heterocycles. The van der Waals surface area contributed by atoms with Gasteiger partial charge in [0, 0.05) is 19.2 Å². The van der Waals surface area contributed by atoms with Crippen LogP contribution in [0.2, 0.25) is 0 Å². The van der Waals surface area contributed by atoms with E-state index < -0.39 is 0 Å². The third-order valence-electron chi connectivity index (χ3n) is 2.96. The van der Waals surface area contributed by atoms with Crippen molar-refractivity contribution in [2.75, 3.05) is 20.3 Å². The molecule has 3 nitrogen and oxygen atoms in total. The van der Waals surface area contributed by atoms with Crippen molar-refractivity contribution < 1.29 is 9.84 Å². The van der Waals surface area contributed by atoms with Gasteiger partial charge in [-0.3, -0.25) is 0 Å². The van der Waals surface area contributed by atoms with E-state index >= 15 is 0 Å². The summed E-state index contributed by atoms with van der Waals surface area (Å²) < 4.78 is 5.21. The van der Waals surface area contributed by atoms with Crippen molar-refractivity contribution in [1.82, 2.24) is 5.32 Å². The molecule has 0 saturated heterocycles. The van der Waals surface area contributed by atoms with Gasteiger partial charge in [0.2, 0.25) is 0 Å². The van der Waals surface area contributed by atoms with Crippen LogP contribution in [0.5, 0.6) is 0 Å². The van der Waals surface area contributed by atoms with Crippen LogP contribution in [0.15, 0.2) is 0 Å². The molecule has 0 radical (unpaired) electrons. The minimum absolute atomic E-state index is 0.227. The fourth-order valence-electron chi connectivity index (χ4n) is 2.07. The van der Waals surface area contributed by atoms with Crippen molar-refractivity contribution in [3.8, 4) is 0 Å². The summed E-state index contributed by atoms with van der Waals surface area (Å²) in [7, 11) is 1.74. The fraction of sp³-hybridized carbons (Fsp3) is 1.00. The van der Waals surface area contributed by atoms with Crippen LogP contribution >= 0.6 is 0 Å². The molecule has 15 heavy (non-hydrogen) atoms. The average Bonchev–Trinajstić information content (AvgIpc) is 2.98. The Morgan fingerprint density at radius 1 is 1.40 bits per heavy atom. The van der Waals surface area contributed by atoms with Gasteiger partial charge in [0.15, 0.2) is 0 Å². The number of hydrogen-bond acceptors (Lipinski definition) is 3. The lowest BCUT2D eigenvalue weighted by Gasteiger charge is -2.25. The maximum absolute atomic E-state index is 9.29. The van der Waals surface area contributed by atoms with Gasteiger partial charge in [0.25, 0.3) is 0 Å². The molecule has 2 unspecified atom stereocenters. The van der Waals surface area contributed by atoms with Gasteiger partial charge in [-0.25, -0.2) is 0 Å². The van der Waals surface area contributed by atoms with Crippen LogP contribution in [0, 0.1) is 11.8 Å². The van der Waals surface area contributed by atoms with Crippen LogP contribution in [0.25, 0.3) is 0 Å². The summed E-state index contributed by atoms with van der Waals surface area (Å²) in [6, 6.07) is 0.664. The van der Waals surface area contributed by atoms with Gasteiger partial charge in [-0.1, -0.05) is 13.8 Å². The molecule has 1 fully saturated rings. The molecule has 3 heteroatoms. The molecule has 1 rings (SSSR count). The van der Waals surface area contributed by atoms with Crippen LogP contribution < -0.4 is 5.32 Å². The van der Waals surface area contributed by atoms with E-state index in [1.54, 1.807) is 7.11 Å². The Labute approximate surface area is 93.2 Å². The van der Waals surface area contributed by atoms with Crippen molar-refractivity contribution >= 4 is 0 Å². The normalized spacial score (nSPS) is 20.6. The number of methoxy groups -OCH3 is 1. The molecule has 0 aromatic carbocycles. The highest BCUT2D eigenvalue weighted by atomic mass is 16.5. The Balaban J connectivity index is 2.32. The molecule has 90 valence electrons. The molecule has 0 aromatic heterocycles. The average molecular weight is 215 g/mol. The van der Waals surface area contributed by atoms with Gasteiger partial charge >= 0.3 is 0 Å². The molecule has 1 saturated carbocycles. The first-order valence-corrected chi connectivity index (χ1v) is 6.03.